The first-order valence-corrected chi connectivity index (χ1v) is 8.18. The molecule has 24 heavy (non-hydrogen) atoms. The largest absolute Gasteiger partial charge is 0.461 e. The zero-order chi connectivity index (χ0) is 15.8. The molecule has 5 nitrogen and oxygen atoms in total. The second kappa shape index (κ2) is 6.84. The van der Waals surface area contributed by atoms with E-state index < -0.39 is 0 Å². The smallest absolute Gasteiger partial charge is 0.240 e. The first kappa shape index (κ1) is 16.8. The average Bonchev–Trinajstić information content (AvgIpc) is 3.30. The van der Waals surface area contributed by atoms with Crippen LogP contribution in [0.15, 0.2) is 34.7 Å². The number of hydrogen-bond donors (Lipinski definition) is 1. The summed E-state index contributed by atoms with van der Waals surface area (Å²) in [5, 5.41) is 13.6. The van der Waals surface area contributed by atoms with Gasteiger partial charge >= 0.3 is 0 Å². The summed E-state index contributed by atoms with van der Waals surface area (Å²) >= 11 is 0. The lowest BCUT2D eigenvalue weighted by atomic mass is 10.0. The average molecular weight is 346 g/mol. The maximum atomic E-state index is 12.6. The zero-order valence-corrected chi connectivity index (χ0v) is 14.1. The lowest BCUT2D eigenvalue weighted by molar-refractivity contribution is -0.133. The standard InChI is InChI=1S/C18H19N3O2.ClH/c19-10-14-5-3-7-21(14)18(22)15-8-13(11-20-15)17-9-12-4-1-2-6-16(12)23-17;/h1-2,4,6,9,13-15,20H,3,5,7-8,11H2;1H/t13-,14-,15-;/m0./s1. The lowest BCUT2D eigenvalue weighted by Crippen LogP contribution is -2.45. The number of likely N-dealkylation sites (tertiary alicyclic amines) is 1. The number of hydrogen-bond acceptors (Lipinski definition) is 4. The van der Waals surface area contributed by atoms with Crippen molar-refractivity contribution in [1.82, 2.24) is 10.2 Å². The highest BCUT2D eigenvalue weighted by Crippen LogP contribution is 2.32. The second-order valence-corrected chi connectivity index (χ2v) is 6.40. The molecule has 1 amide bonds. The van der Waals surface area contributed by atoms with Crippen LogP contribution in [0.5, 0.6) is 0 Å². The van der Waals surface area contributed by atoms with Crippen LogP contribution in [-0.4, -0.2) is 36.0 Å². The minimum atomic E-state index is -0.255. The van der Waals surface area contributed by atoms with Gasteiger partial charge < -0.3 is 14.6 Å². The van der Waals surface area contributed by atoms with Crippen LogP contribution in [0.2, 0.25) is 0 Å². The molecular weight excluding hydrogens is 326 g/mol. The zero-order valence-electron chi connectivity index (χ0n) is 13.3. The van der Waals surface area contributed by atoms with E-state index in [1.807, 2.05) is 24.3 Å². The summed E-state index contributed by atoms with van der Waals surface area (Å²) in [6.07, 6.45) is 2.44. The number of fused-ring (bicyclic) bond motifs is 1. The summed E-state index contributed by atoms with van der Waals surface area (Å²) in [6.45, 7) is 1.44. The van der Waals surface area contributed by atoms with Gasteiger partial charge in [-0.05, 0) is 31.4 Å². The van der Waals surface area contributed by atoms with E-state index >= 15 is 0 Å². The van der Waals surface area contributed by atoms with Crippen LogP contribution in [0, 0.1) is 11.3 Å². The maximum absolute atomic E-state index is 12.6. The van der Waals surface area contributed by atoms with Gasteiger partial charge in [0.05, 0.1) is 12.1 Å². The predicted octanol–water partition coefficient (Wildman–Crippen LogP) is 2.81. The molecule has 2 fully saturated rings. The molecule has 126 valence electrons. The Morgan fingerprint density at radius 2 is 2.21 bits per heavy atom. The number of nitriles is 1. The van der Waals surface area contributed by atoms with Crippen LogP contribution in [0.4, 0.5) is 0 Å². The van der Waals surface area contributed by atoms with Crippen molar-refractivity contribution in [1.29, 1.82) is 5.26 Å². The van der Waals surface area contributed by atoms with Gasteiger partial charge in [0.15, 0.2) is 0 Å². The van der Waals surface area contributed by atoms with Crippen molar-refractivity contribution < 1.29 is 9.21 Å². The van der Waals surface area contributed by atoms with Gasteiger partial charge in [0.1, 0.15) is 17.4 Å². The summed E-state index contributed by atoms with van der Waals surface area (Å²) in [5.74, 6) is 1.21. The molecule has 0 radical (unpaired) electrons. The van der Waals surface area contributed by atoms with Crippen molar-refractivity contribution in [3.63, 3.8) is 0 Å². The molecule has 1 N–H and O–H groups in total. The van der Waals surface area contributed by atoms with Crippen LogP contribution in [0.3, 0.4) is 0 Å². The molecule has 0 spiro atoms. The molecular formula is C18H20ClN3O2. The van der Waals surface area contributed by atoms with E-state index in [1.165, 1.54) is 0 Å². The first-order chi connectivity index (χ1) is 11.3. The van der Waals surface area contributed by atoms with E-state index in [0.29, 0.717) is 6.54 Å². The van der Waals surface area contributed by atoms with Crippen LogP contribution >= 0.6 is 12.4 Å². The van der Waals surface area contributed by atoms with Gasteiger partial charge in [-0.15, -0.1) is 12.4 Å². The Balaban J connectivity index is 0.00000169. The highest BCUT2D eigenvalue weighted by molar-refractivity contribution is 5.85. The minimum Gasteiger partial charge on any atom is -0.461 e. The van der Waals surface area contributed by atoms with Gasteiger partial charge in [0.2, 0.25) is 5.91 Å². The number of rotatable bonds is 2. The van der Waals surface area contributed by atoms with Crippen molar-refractivity contribution in [2.75, 3.05) is 13.1 Å². The van der Waals surface area contributed by atoms with E-state index in [-0.39, 0.29) is 36.3 Å². The maximum Gasteiger partial charge on any atom is 0.240 e. The Morgan fingerprint density at radius 1 is 1.38 bits per heavy atom. The Hall–Kier alpha value is -2.03. The summed E-state index contributed by atoms with van der Waals surface area (Å²) in [6, 6.07) is 11.8. The molecule has 2 aliphatic rings. The third kappa shape index (κ3) is 2.88. The van der Waals surface area contributed by atoms with Gasteiger partial charge in [0, 0.05) is 24.4 Å². The molecule has 0 unspecified atom stereocenters. The Kier molecular flexibility index (Phi) is 4.79. The Bertz CT molecular complexity index is 749. The number of furan rings is 1. The summed E-state index contributed by atoms with van der Waals surface area (Å²) in [5.41, 5.74) is 0.890. The first-order valence-electron chi connectivity index (χ1n) is 8.18. The molecule has 6 heteroatoms. The molecule has 0 bridgehead atoms. The van der Waals surface area contributed by atoms with E-state index in [1.54, 1.807) is 4.90 Å². The quantitative estimate of drug-likeness (QED) is 0.908. The molecule has 1 aromatic heterocycles. The van der Waals surface area contributed by atoms with E-state index in [4.69, 9.17) is 9.68 Å². The van der Waals surface area contributed by atoms with Crippen LogP contribution < -0.4 is 5.32 Å². The third-order valence-corrected chi connectivity index (χ3v) is 4.96. The van der Waals surface area contributed by atoms with E-state index in [9.17, 15) is 4.79 Å². The Labute approximate surface area is 147 Å². The molecule has 0 saturated carbocycles. The van der Waals surface area contributed by atoms with Gasteiger partial charge in [-0.3, -0.25) is 4.79 Å². The van der Waals surface area contributed by atoms with Crippen molar-refractivity contribution >= 4 is 29.3 Å². The van der Waals surface area contributed by atoms with Gasteiger partial charge in [-0.1, -0.05) is 18.2 Å². The van der Waals surface area contributed by atoms with Crippen molar-refractivity contribution in [2.24, 2.45) is 0 Å². The number of para-hydroxylation sites is 1. The molecule has 3 atom stereocenters. The molecule has 2 aliphatic heterocycles. The van der Waals surface area contributed by atoms with Gasteiger partial charge in [-0.2, -0.15) is 5.26 Å². The molecule has 2 aromatic rings. The fourth-order valence-corrected chi connectivity index (χ4v) is 3.71. The molecule has 0 aliphatic carbocycles. The number of halogens is 1. The van der Waals surface area contributed by atoms with Gasteiger partial charge in [-0.25, -0.2) is 0 Å². The van der Waals surface area contributed by atoms with Crippen LogP contribution in [0.1, 0.15) is 30.9 Å². The number of amides is 1. The Morgan fingerprint density at radius 3 is 3.00 bits per heavy atom. The number of carbonyl (C=O) groups excluding carboxylic acids is 1. The van der Waals surface area contributed by atoms with E-state index in [0.717, 1.165) is 42.5 Å². The van der Waals surface area contributed by atoms with Gasteiger partial charge in [0.25, 0.3) is 0 Å². The number of nitrogens with zero attached hydrogens (tertiary/aromatic N) is 2. The number of benzene rings is 1. The molecule has 3 heterocycles. The van der Waals surface area contributed by atoms with E-state index in [2.05, 4.69) is 17.5 Å². The normalized spacial score (nSPS) is 26.3. The van der Waals surface area contributed by atoms with Crippen LogP contribution in [0.25, 0.3) is 11.0 Å². The fraction of sp³-hybridized carbons (Fsp3) is 0.444. The third-order valence-electron chi connectivity index (χ3n) is 4.96. The summed E-state index contributed by atoms with van der Waals surface area (Å²) < 4.78 is 5.93. The molecule has 4 rings (SSSR count). The molecule has 1 aromatic carbocycles. The van der Waals surface area contributed by atoms with Crippen molar-refractivity contribution in [3.05, 3.63) is 36.1 Å². The highest BCUT2D eigenvalue weighted by Gasteiger charge is 2.38. The molecule has 2 saturated heterocycles. The predicted molar refractivity (Wildman–Crippen MR) is 93.0 cm³/mol. The number of carbonyl (C=O) groups is 1. The summed E-state index contributed by atoms with van der Waals surface area (Å²) in [7, 11) is 0. The van der Waals surface area contributed by atoms with Crippen molar-refractivity contribution in [2.45, 2.75) is 37.3 Å². The minimum absolute atomic E-state index is 0. The topological polar surface area (TPSA) is 69.3 Å². The second-order valence-electron chi connectivity index (χ2n) is 6.40. The fourth-order valence-electron chi connectivity index (χ4n) is 3.71. The SMILES string of the molecule is Cl.N#C[C@@H]1CCCN1C(=O)[C@@H]1C[C@H](c2cc3ccccc3o2)CN1. The van der Waals surface area contributed by atoms with Crippen molar-refractivity contribution in [3.8, 4) is 6.07 Å². The summed E-state index contributed by atoms with van der Waals surface area (Å²) in [4.78, 5) is 14.4. The lowest BCUT2D eigenvalue weighted by Gasteiger charge is -2.23. The highest BCUT2D eigenvalue weighted by atomic mass is 35.5. The monoisotopic (exact) mass is 345 g/mol. The number of nitrogens with one attached hydrogen (secondary N) is 1. The van der Waals surface area contributed by atoms with Crippen LogP contribution in [-0.2, 0) is 4.79 Å².